The highest BCUT2D eigenvalue weighted by Gasteiger charge is 2.36. The highest BCUT2D eigenvalue weighted by molar-refractivity contribution is 9.10. The number of nitrogens with one attached hydrogen (secondary N) is 1. The summed E-state index contributed by atoms with van der Waals surface area (Å²) < 4.78 is 44.9. The maximum Gasteiger partial charge on any atom is 0.264 e. The lowest BCUT2D eigenvalue weighted by molar-refractivity contribution is -0.140. The van der Waals surface area contributed by atoms with Gasteiger partial charge >= 0.3 is 0 Å². The molecule has 7 nitrogen and oxygen atoms in total. The van der Waals surface area contributed by atoms with Crippen molar-refractivity contribution in [2.24, 2.45) is 0 Å². The van der Waals surface area contributed by atoms with Gasteiger partial charge in [0.05, 0.1) is 10.6 Å². The topological polar surface area (TPSA) is 86.8 Å². The summed E-state index contributed by atoms with van der Waals surface area (Å²) >= 11 is 3.45. The number of nitrogens with zero attached hydrogens (tertiary/aromatic N) is 2. The van der Waals surface area contributed by atoms with Crippen molar-refractivity contribution in [3.8, 4) is 0 Å². The lowest BCUT2D eigenvalue weighted by Gasteiger charge is -2.35. The second-order valence-corrected chi connectivity index (χ2v) is 14.3. The molecule has 240 valence electrons. The standard InChI is InChI=1S/C36H37BrFN3O4S/c37-29-22-20-28(21-23-29)25-40(34(24-27-12-4-1-5-13-27)36(43)39-30-14-6-2-7-15-30)35(42)26-41(33-19-11-10-18-32(33)38)46(44,45)31-16-8-3-9-17-31/h1,3-5,8-13,16-23,30,34H,2,6-7,14-15,24-26H2,(H,39,43)/t34-/m0/s1. The Morgan fingerprint density at radius 3 is 2.07 bits per heavy atom. The number of sulfonamides is 1. The number of rotatable bonds is 12. The smallest absolute Gasteiger partial charge is 0.264 e. The molecule has 1 atom stereocenters. The van der Waals surface area contributed by atoms with E-state index in [9.17, 15) is 18.0 Å². The molecule has 4 aromatic rings. The largest absolute Gasteiger partial charge is 0.352 e. The van der Waals surface area contributed by atoms with Crippen LogP contribution in [-0.4, -0.2) is 43.8 Å². The van der Waals surface area contributed by atoms with E-state index in [-0.39, 0.29) is 35.5 Å². The van der Waals surface area contributed by atoms with E-state index < -0.39 is 34.3 Å². The summed E-state index contributed by atoms with van der Waals surface area (Å²) in [5.74, 6) is -1.72. The zero-order chi connectivity index (χ0) is 32.5. The molecule has 1 aliphatic carbocycles. The van der Waals surface area contributed by atoms with Gasteiger partial charge in [-0.1, -0.05) is 108 Å². The molecule has 0 saturated heterocycles. The summed E-state index contributed by atoms with van der Waals surface area (Å²) in [7, 11) is -4.37. The summed E-state index contributed by atoms with van der Waals surface area (Å²) in [5.41, 5.74) is 1.35. The summed E-state index contributed by atoms with van der Waals surface area (Å²) in [6, 6.07) is 28.9. The quantitative estimate of drug-likeness (QED) is 0.174. The third kappa shape index (κ3) is 8.41. The van der Waals surface area contributed by atoms with E-state index in [1.807, 2.05) is 54.6 Å². The normalized spacial score (nSPS) is 14.3. The molecular weight excluding hydrogens is 669 g/mol. The summed E-state index contributed by atoms with van der Waals surface area (Å²) in [6.45, 7) is -0.672. The molecule has 4 aromatic carbocycles. The second kappa shape index (κ2) is 15.5. The van der Waals surface area contributed by atoms with E-state index in [4.69, 9.17) is 0 Å². The number of benzene rings is 4. The fourth-order valence-corrected chi connectivity index (χ4v) is 7.48. The summed E-state index contributed by atoms with van der Waals surface area (Å²) in [6.07, 6.45) is 5.10. The Hall–Kier alpha value is -4.02. The first-order valence-electron chi connectivity index (χ1n) is 15.4. The molecule has 0 unspecified atom stereocenters. The first-order chi connectivity index (χ1) is 22.2. The zero-order valence-corrected chi connectivity index (χ0v) is 27.8. The summed E-state index contributed by atoms with van der Waals surface area (Å²) in [4.78, 5) is 30.0. The van der Waals surface area contributed by atoms with E-state index in [1.165, 1.54) is 35.2 Å². The third-order valence-electron chi connectivity index (χ3n) is 8.22. The maximum absolute atomic E-state index is 15.3. The Morgan fingerprint density at radius 1 is 0.804 bits per heavy atom. The van der Waals surface area contributed by atoms with Crippen LogP contribution in [0.4, 0.5) is 10.1 Å². The minimum atomic E-state index is -4.37. The fraction of sp³-hybridized carbons (Fsp3) is 0.278. The van der Waals surface area contributed by atoms with Gasteiger partial charge in [0.25, 0.3) is 10.0 Å². The number of amides is 2. The van der Waals surface area contributed by atoms with Crippen LogP contribution >= 0.6 is 15.9 Å². The van der Waals surface area contributed by atoms with E-state index in [0.717, 1.165) is 58.1 Å². The molecule has 1 fully saturated rings. The van der Waals surface area contributed by atoms with Gasteiger partial charge in [-0.05, 0) is 60.4 Å². The van der Waals surface area contributed by atoms with Gasteiger partial charge in [-0.15, -0.1) is 0 Å². The van der Waals surface area contributed by atoms with Gasteiger partial charge in [0.2, 0.25) is 11.8 Å². The maximum atomic E-state index is 15.3. The third-order valence-corrected chi connectivity index (χ3v) is 10.5. The van der Waals surface area contributed by atoms with E-state index >= 15 is 4.39 Å². The number of halogens is 2. The number of para-hydroxylation sites is 1. The molecule has 0 aromatic heterocycles. The minimum absolute atomic E-state index is 0.00229. The van der Waals surface area contributed by atoms with E-state index in [2.05, 4.69) is 21.2 Å². The van der Waals surface area contributed by atoms with Gasteiger partial charge in [-0.2, -0.15) is 0 Å². The van der Waals surface area contributed by atoms with Crippen LogP contribution in [0.3, 0.4) is 0 Å². The molecule has 1 saturated carbocycles. The van der Waals surface area contributed by atoms with Gasteiger partial charge in [0.1, 0.15) is 18.4 Å². The second-order valence-electron chi connectivity index (χ2n) is 11.5. The zero-order valence-electron chi connectivity index (χ0n) is 25.4. The van der Waals surface area contributed by atoms with Gasteiger partial charge in [-0.25, -0.2) is 12.8 Å². The molecule has 0 spiro atoms. The van der Waals surface area contributed by atoms with Crippen molar-refractivity contribution in [3.63, 3.8) is 0 Å². The number of carbonyl (C=O) groups is 2. The highest BCUT2D eigenvalue weighted by Crippen LogP contribution is 2.27. The Bertz CT molecular complexity index is 1720. The Morgan fingerprint density at radius 2 is 1.41 bits per heavy atom. The van der Waals surface area contributed by atoms with Crippen LogP contribution < -0.4 is 9.62 Å². The van der Waals surface area contributed by atoms with Gasteiger partial charge in [0.15, 0.2) is 0 Å². The van der Waals surface area contributed by atoms with Crippen molar-refractivity contribution in [1.82, 2.24) is 10.2 Å². The lowest BCUT2D eigenvalue weighted by atomic mass is 9.94. The van der Waals surface area contributed by atoms with Crippen molar-refractivity contribution in [2.75, 3.05) is 10.8 Å². The molecule has 0 radical (unpaired) electrons. The summed E-state index contributed by atoms with van der Waals surface area (Å²) in [5, 5.41) is 3.19. The molecule has 2 amide bonds. The van der Waals surface area contributed by atoms with Gasteiger partial charge in [0, 0.05) is 23.5 Å². The Labute approximate surface area is 278 Å². The Balaban J connectivity index is 1.56. The van der Waals surface area contributed by atoms with Crippen molar-refractivity contribution in [2.45, 2.75) is 62.0 Å². The van der Waals surface area contributed by atoms with Crippen LogP contribution in [0, 0.1) is 5.82 Å². The predicted octanol–water partition coefficient (Wildman–Crippen LogP) is 6.87. The van der Waals surface area contributed by atoms with Crippen LogP contribution in [0.25, 0.3) is 0 Å². The molecule has 0 bridgehead atoms. The average molecular weight is 707 g/mol. The lowest BCUT2D eigenvalue weighted by Crippen LogP contribution is -2.55. The molecule has 1 N–H and O–H groups in total. The van der Waals surface area contributed by atoms with Crippen LogP contribution in [0.1, 0.15) is 43.2 Å². The first kappa shape index (κ1) is 33.3. The number of carbonyl (C=O) groups excluding carboxylic acids is 2. The van der Waals surface area contributed by atoms with Crippen molar-refractivity contribution >= 4 is 43.5 Å². The van der Waals surface area contributed by atoms with Crippen molar-refractivity contribution in [1.29, 1.82) is 0 Å². The first-order valence-corrected chi connectivity index (χ1v) is 17.7. The van der Waals surface area contributed by atoms with Crippen LogP contribution in [0.15, 0.2) is 119 Å². The van der Waals surface area contributed by atoms with Crippen molar-refractivity contribution < 1.29 is 22.4 Å². The fourth-order valence-electron chi connectivity index (χ4n) is 5.77. The van der Waals surface area contributed by atoms with Crippen LogP contribution in [-0.2, 0) is 32.6 Å². The van der Waals surface area contributed by atoms with E-state index in [1.54, 1.807) is 18.2 Å². The molecule has 1 aliphatic rings. The van der Waals surface area contributed by atoms with E-state index in [0.29, 0.717) is 0 Å². The molecule has 10 heteroatoms. The SMILES string of the molecule is O=C(NC1CCCCC1)[C@H](Cc1ccccc1)N(Cc1ccc(Br)cc1)C(=O)CN(c1ccccc1F)S(=O)(=O)c1ccccc1. The minimum Gasteiger partial charge on any atom is -0.352 e. The Kier molecular flexibility index (Phi) is 11.2. The monoisotopic (exact) mass is 705 g/mol. The predicted molar refractivity (Wildman–Crippen MR) is 181 cm³/mol. The molecule has 0 aliphatic heterocycles. The highest BCUT2D eigenvalue weighted by atomic mass is 79.9. The van der Waals surface area contributed by atoms with Crippen molar-refractivity contribution in [3.05, 3.63) is 131 Å². The molecule has 0 heterocycles. The number of anilines is 1. The van der Waals surface area contributed by atoms with Crippen LogP contribution in [0.2, 0.25) is 0 Å². The average Bonchev–Trinajstić information content (AvgIpc) is 3.07. The molecular formula is C36H37BrFN3O4S. The number of hydrogen-bond acceptors (Lipinski definition) is 4. The molecule has 5 rings (SSSR count). The van der Waals surface area contributed by atoms with Crippen LogP contribution in [0.5, 0.6) is 0 Å². The van der Waals surface area contributed by atoms with Gasteiger partial charge in [-0.3, -0.25) is 13.9 Å². The van der Waals surface area contributed by atoms with Gasteiger partial charge < -0.3 is 10.2 Å². The molecule has 46 heavy (non-hydrogen) atoms. The number of hydrogen-bond donors (Lipinski definition) is 1.